The van der Waals surface area contributed by atoms with Crippen LogP contribution in [0.25, 0.3) is 21.5 Å². The minimum Gasteiger partial charge on any atom is -0.488 e. The maximum Gasteiger partial charge on any atom is 0.306 e. The van der Waals surface area contributed by atoms with E-state index >= 15 is 0 Å². The number of benzene rings is 3. The minimum atomic E-state index is -0.553. The minimum absolute atomic E-state index is 0.130. The summed E-state index contributed by atoms with van der Waals surface area (Å²) in [6.07, 6.45) is 0.984. The van der Waals surface area contributed by atoms with Crippen molar-refractivity contribution in [1.82, 2.24) is 0 Å². The summed E-state index contributed by atoms with van der Waals surface area (Å²) in [5, 5.41) is 3.35. The zero-order chi connectivity index (χ0) is 29.6. The molecule has 0 aliphatic carbocycles. The molecule has 8 nitrogen and oxygen atoms in total. The van der Waals surface area contributed by atoms with Crippen molar-refractivity contribution in [3.05, 3.63) is 46.9 Å². The zero-order valence-corrected chi connectivity index (χ0v) is 26.0. The second-order valence-electron chi connectivity index (χ2n) is 9.56. The Hall–Kier alpha value is -2.88. The van der Waals surface area contributed by atoms with Crippen LogP contribution in [0.4, 0.5) is 0 Å². The summed E-state index contributed by atoms with van der Waals surface area (Å²) < 4.78 is 36.1. The summed E-state index contributed by atoms with van der Waals surface area (Å²) in [6, 6.07) is 13.7. The number of hydrogen-bond donors (Lipinski definition) is 0. The molecule has 0 amide bonds. The molecule has 3 aromatic carbocycles. The van der Waals surface area contributed by atoms with Crippen LogP contribution < -0.4 is 9.47 Å². The van der Waals surface area contributed by atoms with E-state index in [4.69, 9.17) is 28.4 Å². The van der Waals surface area contributed by atoms with Crippen LogP contribution in [-0.2, 0) is 28.5 Å². The van der Waals surface area contributed by atoms with Crippen molar-refractivity contribution in [2.75, 3.05) is 39.6 Å². The predicted octanol–water partition coefficient (Wildman–Crippen LogP) is 7.01. The van der Waals surface area contributed by atoms with E-state index in [2.05, 4.69) is 15.9 Å². The first kappa shape index (κ1) is 32.6. The lowest BCUT2D eigenvalue weighted by molar-refractivity contribution is -0.154. The molecule has 2 atom stereocenters. The molecule has 0 aliphatic heterocycles. The van der Waals surface area contributed by atoms with Gasteiger partial charge in [-0.25, -0.2) is 0 Å². The maximum atomic E-state index is 12.2. The Morgan fingerprint density at radius 1 is 0.659 bits per heavy atom. The molecule has 0 N–H and O–H groups in total. The fourth-order valence-corrected chi connectivity index (χ4v) is 4.73. The smallest absolute Gasteiger partial charge is 0.306 e. The second-order valence-corrected chi connectivity index (χ2v) is 10.5. The van der Waals surface area contributed by atoms with Crippen LogP contribution in [0.3, 0.4) is 0 Å². The van der Waals surface area contributed by atoms with Gasteiger partial charge in [-0.1, -0.05) is 54.0 Å². The molecule has 0 saturated heterocycles. The summed E-state index contributed by atoms with van der Waals surface area (Å²) in [7, 11) is 0. The molecule has 41 heavy (non-hydrogen) atoms. The van der Waals surface area contributed by atoms with E-state index in [1.165, 1.54) is 0 Å². The number of hydrogen-bond acceptors (Lipinski definition) is 8. The molecular weight excluding hydrogens is 592 g/mol. The first-order valence-corrected chi connectivity index (χ1v) is 15.1. The number of ether oxygens (including phenoxy) is 6. The molecule has 0 aliphatic rings. The molecule has 0 fully saturated rings. The van der Waals surface area contributed by atoms with Crippen molar-refractivity contribution in [1.29, 1.82) is 0 Å². The lowest BCUT2D eigenvalue weighted by Gasteiger charge is -2.23. The lowest BCUT2D eigenvalue weighted by atomic mass is 10.0. The van der Waals surface area contributed by atoms with Crippen LogP contribution in [0.5, 0.6) is 11.5 Å². The molecule has 9 heteroatoms. The number of carbonyl (C=O) groups excluding carboxylic acids is 2. The third-order valence-electron chi connectivity index (χ3n) is 6.23. The Morgan fingerprint density at radius 3 is 1.59 bits per heavy atom. The van der Waals surface area contributed by atoms with Crippen LogP contribution in [0.2, 0.25) is 0 Å². The third-order valence-corrected chi connectivity index (χ3v) is 6.73. The molecular formula is C32H41BrO8. The molecule has 0 aromatic heterocycles. The van der Waals surface area contributed by atoms with Gasteiger partial charge in [0.25, 0.3) is 0 Å². The Kier molecular flexibility index (Phi) is 13.7. The van der Waals surface area contributed by atoms with Crippen LogP contribution in [0.1, 0.15) is 53.4 Å². The lowest BCUT2D eigenvalue weighted by Crippen LogP contribution is -2.30. The van der Waals surface area contributed by atoms with Gasteiger partial charge < -0.3 is 28.4 Å². The van der Waals surface area contributed by atoms with Gasteiger partial charge in [-0.2, -0.15) is 0 Å². The van der Waals surface area contributed by atoms with Crippen molar-refractivity contribution in [2.45, 2.75) is 65.6 Å². The zero-order valence-electron chi connectivity index (χ0n) is 24.4. The topological polar surface area (TPSA) is 89.5 Å². The van der Waals surface area contributed by atoms with Gasteiger partial charge in [-0.15, -0.1) is 0 Å². The summed E-state index contributed by atoms with van der Waals surface area (Å²) in [5.74, 6) is 0.758. The highest BCUT2D eigenvalue weighted by Gasteiger charge is 2.22. The van der Waals surface area contributed by atoms with Gasteiger partial charge in [-0.05, 0) is 44.9 Å². The average molecular weight is 634 g/mol. The van der Waals surface area contributed by atoms with Crippen molar-refractivity contribution < 1.29 is 38.0 Å². The van der Waals surface area contributed by atoms with E-state index in [-0.39, 0.29) is 38.4 Å². The van der Waals surface area contributed by atoms with Gasteiger partial charge in [0, 0.05) is 52.1 Å². The van der Waals surface area contributed by atoms with Gasteiger partial charge in [0.2, 0.25) is 0 Å². The Labute approximate surface area is 250 Å². The summed E-state index contributed by atoms with van der Waals surface area (Å²) in [5.41, 5.74) is 0. The molecule has 2 unspecified atom stereocenters. The molecule has 3 aromatic rings. The van der Waals surface area contributed by atoms with Crippen molar-refractivity contribution in [2.24, 2.45) is 0 Å². The Morgan fingerprint density at radius 2 is 1.12 bits per heavy atom. The van der Waals surface area contributed by atoms with Crippen molar-refractivity contribution in [3.8, 4) is 11.5 Å². The highest BCUT2D eigenvalue weighted by molar-refractivity contribution is 9.10. The van der Waals surface area contributed by atoms with Gasteiger partial charge in [0.1, 0.15) is 24.7 Å². The van der Waals surface area contributed by atoms with Gasteiger partial charge in [-0.3, -0.25) is 9.59 Å². The summed E-state index contributed by atoms with van der Waals surface area (Å²) >= 11 is 3.59. The summed E-state index contributed by atoms with van der Waals surface area (Å²) in [4.78, 5) is 24.5. The fourth-order valence-electron chi connectivity index (χ4n) is 4.36. The molecule has 3 rings (SSSR count). The fraction of sp³-hybridized carbons (Fsp3) is 0.500. The number of rotatable bonds is 18. The number of halogens is 1. The second kappa shape index (κ2) is 17.2. The molecule has 0 bridgehead atoms. The van der Waals surface area contributed by atoms with Crippen LogP contribution in [0.15, 0.2) is 46.9 Å². The number of esters is 2. The number of carbonyl (C=O) groups is 2. The number of fused-ring (bicyclic) bond motifs is 2. The van der Waals surface area contributed by atoms with E-state index in [0.29, 0.717) is 50.4 Å². The monoisotopic (exact) mass is 632 g/mol. The first-order chi connectivity index (χ1) is 19.9. The van der Waals surface area contributed by atoms with E-state index in [1.807, 2.05) is 70.2 Å². The van der Waals surface area contributed by atoms with Crippen LogP contribution in [0, 0.1) is 0 Å². The summed E-state index contributed by atoms with van der Waals surface area (Å²) in [6.45, 7) is 9.42. The van der Waals surface area contributed by atoms with Crippen LogP contribution >= 0.6 is 15.9 Å². The molecule has 0 radical (unpaired) electrons. The first-order valence-electron chi connectivity index (χ1n) is 14.4. The average Bonchev–Trinajstić information content (AvgIpc) is 2.96. The van der Waals surface area contributed by atoms with Crippen molar-refractivity contribution in [3.63, 3.8) is 0 Å². The predicted molar refractivity (Wildman–Crippen MR) is 163 cm³/mol. The molecule has 224 valence electrons. The van der Waals surface area contributed by atoms with Gasteiger partial charge in [0.05, 0.1) is 13.2 Å². The quantitative estimate of drug-likeness (QED) is 0.109. The van der Waals surface area contributed by atoms with E-state index in [9.17, 15) is 9.59 Å². The van der Waals surface area contributed by atoms with Gasteiger partial charge >= 0.3 is 11.9 Å². The maximum absolute atomic E-state index is 12.2. The molecule has 0 spiro atoms. The van der Waals surface area contributed by atoms with E-state index < -0.39 is 12.2 Å². The highest BCUT2D eigenvalue weighted by Crippen LogP contribution is 2.43. The Bertz CT molecular complexity index is 1280. The van der Waals surface area contributed by atoms with Crippen molar-refractivity contribution >= 4 is 49.4 Å². The Balaban J connectivity index is 1.97. The van der Waals surface area contributed by atoms with Gasteiger partial charge in [0.15, 0.2) is 12.2 Å². The molecule has 0 heterocycles. The SMILES string of the molecule is CCCC(=O)OC(COCC)COc1c2ccccc2c(OCC(COCC)OC(=O)CCC)c2cc(Br)ccc12. The molecule has 0 saturated carbocycles. The highest BCUT2D eigenvalue weighted by atomic mass is 79.9. The van der Waals surface area contributed by atoms with Crippen LogP contribution in [-0.4, -0.2) is 63.8 Å². The normalized spacial score (nSPS) is 12.7. The largest absolute Gasteiger partial charge is 0.488 e. The third kappa shape index (κ3) is 9.58. The van der Waals surface area contributed by atoms with E-state index in [1.54, 1.807) is 0 Å². The van der Waals surface area contributed by atoms with E-state index in [0.717, 1.165) is 26.0 Å². The standard InChI is InChI=1S/C32H41BrO8/c1-5-11-29(34)40-23(18-36-7-3)20-38-31-25-13-9-10-14-26(25)32(28-17-22(33)15-16-27(28)31)39-21-24(19-37-8-4)41-30(35)12-6-2/h9-10,13-17,23-24H,5-8,11-12,18-21H2,1-4H3.